The quantitative estimate of drug-likeness (QED) is 0.729. The monoisotopic (exact) mass is 268 g/mol. The molecule has 1 saturated heterocycles. The summed E-state index contributed by atoms with van der Waals surface area (Å²) in [7, 11) is 0. The fourth-order valence-electron chi connectivity index (χ4n) is 2.45. The Labute approximate surface area is 120 Å². The minimum atomic E-state index is 0.443. The lowest BCUT2D eigenvalue weighted by Crippen LogP contribution is -1.99. The third kappa shape index (κ3) is 3.20. The highest BCUT2D eigenvalue weighted by molar-refractivity contribution is 5.34. The van der Waals surface area contributed by atoms with Crippen LogP contribution >= 0.6 is 0 Å². The van der Waals surface area contributed by atoms with Crippen LogP contribution in [0.4, 0.5) is 0 Å². The zero-order valence-electron chi connectivity index (χ0n) is 12.0. The Morgan fingerprint density at radius 2 is 1.60 bits per heavy atom. The number of rotatable bonds is 5. The minimum Gasteiger partial charge on any atom is -0.457 e. The predicted molar refractivity (Wildman–Crippen MR) is 80.3 cm³/mol. The lowest BCUT2D eigenvalue weighted by Gasteiger charge is -2.11. The average molecular weight is 268 g/mol. The van der Waals surface area contributed by atoms with Crippen LogP contribution in [0, 0.1) is 0 Å². The summed E-state index contributed by atoms with van der Waals surface area (Å²) >= 11 is 0. The van der Waals surface area contributed by atoms with Crippen molar-refractivity contribution in [2.75, 3.05) is 0 Å². The maximum absolute atomic E-state index is 5.80. The molecule has 0 aromatic heterocycles. The third-order valence-electron chi connectivity index (χ3n) is 3.85. The van der Waals surface area contributed by atoms with Crippen molar-refractivity contribution in [3.8, 4) is 11.5 Å². The van der Waals surface area contributed by atoms with E-state index in [2.05, 4.69) is 26.0 Å². The van der Waals surface area contributed by atoms with Crippen LogP contribution in [0.15, 0.2) is 54.6 Å². The van der Waals surface area contributed by atoms with Crippen LogP contribution in [-0.2, 0) is 4.74 Å². The molecular formula is C18H20O2. The maximum atomic E-state index is 5.80. The van der Waals surface area contributed by atoms with E-state index in [1.807, 2.05) is 42.5 Å². The number of benzene rings is 2. The van der Waals surface area contributed by atoms with E-state index in [0.717, 1.165) is 17.9 Å². The van der Waals surface area contributed by atoms with E-state index in [1.165, 1.54) is 5.56 Å². The Hall–Kier alpha value is -1.80. The first kappa shape index (κ1) is 13.2. The highest BCUT2D eigenvalue weighted by Gasteiger charge is 2.35. The van der Waals surface area contributed by atoms with Crippen molar-refractivity contribution < 1.29 is 9.47 Å². The van der Waals surface area contributed by atoms with Gasteiger partial charge in [-0.3, -0.25) is 0 Å². The van der Waals surface area contributed by atoms with Crippen molar-refractivity contribution in [1.82, 2.24) is 0 Å². The molecule has 1 fully saturated rings. The number of epoxide rings is 1. The Morgan fingerprint density at radius 3 is 2.20 bits per heavy atom. The van der Waals surface area contributed by atoms with Crippen LogP contribution in [0.3, 0.4) is 0 Å². The molecule has 0 saturated carbocycles. The van der Waals surface area contributed by atoms with Crippen molar-refractivity contribution in [3.63, 3.8) is 0 Å². The van der Waals surface area contributed by atoms with Gasteiger partial charge in [-0.1, -0.05) is 37.3 Å². The average Bonchev–Trinajstić information content (AvgIpc) is 3.16. The van der Waals surface area contributed by atoms with E-state index in [0.29, 0.717) is 18.1 Å². The summed E-state index contributed by atoms with van der Waals surface area (Å²) in [5, 5.41) is 0. The molecule has 0 amide bonds. The highest BCUT2D eigenvalue weighted by atomic mass is 16.6. The first-order chi connectivity index (χ1) is 9.72. The van der Waals surface area contributed by atoms with Gasteiger partial charge in [-0.25, -0.2) is 0 Å². The zero-order valence-corrected chi connectivity index (χ0v) is 12.0. The number of ether oxygens (including phenoxy) is 2. The number of hydrogen-bond donors (Lipinski definition) is 0. The van der Waals surface area contributed by atoms with Gasteiger partial charge in [-0.05, 0) is 49.1 Å². The van der Waals surface area contributed by atoms with Crippen LogP contribution in [-0.4, -0.2) is 12.2 Å². The molecule has 3 atom stereocenters. The van der Waals surface area contributed by atoms with Crippen molar-refractivity contribution >= 4 is 0 Å². The first-order valence-corrected chi connectivity index (χ1v) is 7.20. The van der Waals surface area contributed by atoms with Crippen LogP contribution in [0.5, 0.6) is 11.5 Å². The molecule has 3 unspecified atom stereocenters. The highest BCUT2D eigenvalue weighted by Crippen LogP contribution is 2.33. The van der Waals surface area contributed by atoms with Crippen molar-refractivity contribution in [2.24, 2.45) is 0 Å². The first-order valence-electron chi connectivity index (χ1n) is 7.20. The van der Waals surface area contributed by atoms with Gasteiger partial charge in [0.2, 0.25) is 0 Å². The fraction of sp³-hybridized carbons (Fsp3) is 0.333. The molecular weight excluding hydrogens is 248 g/mol. The Bertz CT molecular complexity index is 547. The van der Waals surface area contributed by atoms with Crippen molar-refractivity contribution in [3.05, 3.63) is 60.2 Å². The summed E-state index contributed by atoms with van der Waals surface area (Å²) in [4.78, 5) is 0. The Morgan fingerprint density at radius 1 is 1.00 bits per heavy atom. The second kappa shape index (κ2) is 5.68. The molecule has 2 nitrogen and oxygen atoms in total. The summed E-state index contributed by atoms with van der Waals surface area (Å²) < 4.78 is 11.3. The van der Waals surface area contributed by atoms with Gasteiger partial charge in [0.25, 0.3) is 0 Å². The lowest BCUT2D eigenvalue weighted by atomic mass is 9.95. The van der Waals surface area contributed by atoms with Gasteiger partial charge in [0, 0.05) is 0 Å². The molecule has 0 aliphatic carbocycles. The van der Waals surface area contributed by atoms with E-state index < -0.39 is 0 Å². The largest absolute Gasteiger partial charge is 0.457 e. The summed E-state index contributed by atoms with van der Waals surface area (Å²) in [6.45, 7) is 4.38. The summed E-state index contributed by atoms with van der Waals surface area (Å²) in [5.74, 6) is 2.27. The predicted octanol–water partition coefficient (Wildman–Crippen LogP) is 4.76. The molecule has 1 heterocycles. The topological polar surface area (TPSA) is 21.8 Å². The molecule has 2 aromatic rings. The minimum absolute atomic E-state index is 0.443. The van der Waals surface area contributed by atoms with Crippen LogP contribution < -0.4 is 4.74 Å². The van der Waals surface area contributed by atoms with E-state index in [4.69, 9.17) is 9.47 Å². The molecule has 3 rings (SSSR count). The second-order valence-electron chi connectivity index (χ2n) is 5.50. The molecule has 20 heavy (non-hydrogen) atoms. The molecule has 104 valence electrons. The molecule has 1 aliphatic heterocycles. The van der Waals surface area contributed by atoms with E-state index in [-0.39, 0.29) is 0 Å². The molecule has 0 N–H and O–H groups in total. The SMILES string of the molecule is CC(CC1OC1C)c1ccc(Oc2ccccc2)cc1. The molecule has 2 aromatic carbocycles. The van der Waals surface area contributed by atoms with Gasteiger partial charge in [0.15, 0.2) is 0 Å². The van der Waals surface area contributed by atoms with E-state index >= 15 is 0 Å². The van der Waals surface area contributed by atoms with E-state index in [1.54, 1.807) is 0 Å². The van der Waals surface area contributed by atoms with Crippen LogP contribution in [0.2, 0.25) is 0 Å². The fourth-order valence-corrected chi connectivity index (χ4v) is 2.45. The normalized spacial score (nSPS) is 22.3. The number of hydrogen-bond acceptors (Lipinski definition) is 2. The van der Waals surface area contributed by atoms with Gasteiger partial charge >= 0.3 is 0 Å². The van der Waals surface area contributed by atoms with Gasteiger partial charge in [0.05, 0.1) is 12.2 Å². The molecule has 0 spiro atoms. The summed E-state index contributed by atoms with van der Waals surface area (Å²) in [6.07, 6.45) is 1.99. The van der Waals surface area contributed by atoms with Crippen LogP contribution in [0.1, 0.15) is 31.7 Å². The van der Waals surface area contributed by atoms with Gasteiger partial charge in [-0.2, -0.15) is 0 Å². The Balaban J connectivity index is 1.62. The zero-order chi connectivity index (χ0) is 13.9. The number of para-hydroxylation sites is 1. The molecule has 2 heteroatoms. The smallest absolute Gasteiger partial charge is 0.127 e. The molecule has 0 bridgehead atoms. The molecule has 1 aliphatic rings. The van der Waals surface area contributed by atoms with Gasteiger partial charge in [-0.15, -0.1) is 0 Å². The summed E-state index contributed by atoms with van der Waals surface area (Å²) in [5.41, 5.74) is 1.34. The molecule has 0 radical (unpaired) electrons. The Kier molecular flexibility index (Phi) is 3.75. The van der Waals surface area contributed by atoms with Gasteiger partial charge < -0.3 is 9.47 Å². The standard InChI is InChI=1S/C18H20O2/c1-13(12-18-14(2)19-18)15-8-10-17(11-9-15)20-16-6-4-3-5-7-16/h3-11,13-14,18H,12H2,1-2H3. The lowest BCUT2D eigenvalue weighted by molar-refractivity contribution is 0.362. The van der Waals surface area contributed by atoms with Crippen LogP contribution in [0.25, 0.3) is 0 Å². The van der Waals surface area contributed by atoms with Crippen molar-refractivity contribution in [1.29, 1.82) is 0 Å². The summed E-state index contributed by atoms with van der Waals surface area (Å²) in [6, 6.07) is 18.2. The second-order valence-corrected chi connectivity index (χ2v) is 5.50. The van der Waals surface area contributed by atoms with Crippen molar-refractivity contribution in [2.45, 2.75) is 38.4 Å². The maximum Gasteiger partial charge on any atom is 0.127 e. The van der Waals surface area contributed by atoms with Gasteiger partial charge in [0.1, 0.15) is 11.5 Å². The third-order valence-corrected chi connectivity index (χ3v) is 3.85. The van der Waals surface area contributed by atoms with E-state index in [9.17, 15) is 0 Å².